The summed E-state index contributed by atoms with van der Waals surface area (Å²) in [5.74, 6) is -1.76. The molecule has 0 aliphatic carbocycles. The van der Waals surface area contributed by atoms with Gasteiger partial charge in [-0.3, -0.25) is 10.0 Å². The molecule has 0 spiro atoms. The van der Waals surface area contributed by atoms with Gasteiger partial charge in [0.1, 0.15) is 5.75 Å². The molecule has 0 unspecified atom stereocenters. The number of carbonyl (C=O) groups is 1. The molecule has 1 aromatic carbocycles. The van der Waals surface area contributed by atoms with Crippen LogP contribution in [0.15, 0.2) is 45.8 Å². The minimum absolute atomic E-state index is 0.0635. The van der Waals surface area contributed by atoms with Crippen molar-refractivity contribution in [2.75, 3.05) is 19.8 Å². The van der Waals surface area contributed by atoms with Crippen molar-refractivity contribution in [1.29, 1.82) is 0 Å². The van der Waals surface area contributed by atoms with E-state index in [-0.39, 0.29) is 54.8 Å². The summed E-state index contributed by atoms with van der Waals surface area (Å²) in [5, 5.41) is 12.9. The molecule has 3 aromatic rings. The number of nitrogens with zero attached hydrogens (tertiary/aromatic N) is 3. The lowest BCUT2D eigenvalue weighted by molar-refractivity contribution is -0.766. The Morgan fingerprint density at radius 2 is 1.82 bits per heavy atom. The minimum Gasteiger partial charge on any atom is -0.494 e. The molecule has 4 rings (SSSR count). The number of carbonyl (C=O) groups excluding carboxylic acids is 1. The van der Waals surface area contributed by atoms with Gasteiger partial charge in [0.05, 0.1) is 23.6 Å². The first-order valence-electron chi connectivity index (χ1n) is 12.3. The molecule has 1 aliphatic heterocycles. The summed E-state index contributed by atoms with van der Waals surface area (Å²) in [6, 6.07) is 7.54. The van der Waals surface area contributed by atoms with Crippen LogP contribution in [0.1, 0.15) is 45.0 Å². The van der Waals surface area contributed by atoms with Gasteiger partial charge in [0.25, 0.3) is 5.91 Å². The zero-order valence-corrected chi connectivity index (χ0v) is 22.2. The number of amides is 1. The Bertz CT molecular complexity index is 1400. The summed E-state index contributed by atoms with van der Waals surface area (Å²) in [6.07, 6.45) is 0.642. The number of rotatable bonds is 10. The van der Waals surface area contributed by atoms with Crippen LogP contribution in [0, 0.1) is 11.9 Å². The van der Waals surface area contributed by atoms with Crippen LogP contribution in [0.3, 0.4) is 0 Å². The first kappa shape index (κ1) is 28.5. The lowest BCUT2D eigenvalue weighted by atomic mass is 9.98. The number of benzene rings is 1. The van der Waals surface area contributed by atoms with Gasteiger partial charge in [-0.2, -0.15) is 4.98 Å². The summed E-state index contributed by atoms with van der Waals surface area (Å²) in [6.45, 7) is 3.72. The smallest absolute Gasteiger partial charge is 0.362 e. The predicted molar refractivity (Wildman–Crippen MR) is 130 cm³/mol. The molecule has 39 heavy (non-hydrogen) atoms. The average Bonchev–Trinajstić information content (AvgIpc) is 3.39. The maximum absolute atomic E-state index is 14.3. The van der Waals surface area contributed by atoms with Crippen molar-refractivity contribution < 1.29 is 45.8 Å². The van der Waals surface area contributed by atoms with Crippen LogP contribution in [0.2, 0.25) is 0 Å². The van der Waals surface area contributed by atoms with E-state index in [1.165, 1.54) is 29.7 Å². The molecule has 1 aliphatic rings. The molecule has 0 atom stereocenters. The lowest BCUT2D eigenvalue weighted by Crippen LogP contribution is -2.54. The van der Waals surface area contributed by atoms with Gasteiger partial charge in [-0.05, 0) is 57.4 Å². The quantitative estimate of drug-likeness (QED) is 0.124. The van der Waals surface area contributed by atoms with Gasteiger partial charge in [-0.1, -0.05) is 5.16 Å². The van der Waals surface area contributed by atoms with Crippen LogP contribution in [0.25, 0.3) is 11.4 Å². The minimum atomic E-state index is -4.13. The van der Waals surface area contributed by atoms with Gasteiger partial charge in [0.15, 0.2) is 20.6 Å². The van der Waals surface area contributed by atoms with Crippen molar-refractivity contribution in [2.45, 2.75) is 55.2 Å². The molecular formula is C25H29F2N4O7S+. The monoisotopic (exact) mass is 567 g/mol. The Morgan fingerprint density at radius 1 is 1.18 bits per heavy atom. The molecule has 1 saturated heterocycles. The number of aromatic nitrogens is 3. The van der Waals surface area contributed by atoms with E-state index < -0.39 is 38.4 Å². The average molecular weight is 568 g/mol. The first-order chi connectivity index (χ1) is 18.6. The number of aryl methyl sites for hydroxylation is 1. The fourth-order valence-corrected chi connectivity index (χ4v) is 6.35. The van der Waals surface area contributed by atoms with Crippen LogP contribution >= 0.6 is 0 Å². The summed E-state index contributed by atoms with van der Waals surface area (Å²) < 4.78 is 70.3. The van der Waals surface area contributed by atoms with Gasteiger partial charge < -0.3 is 14.0 Å². The third-order valence-electron chi connectivity index (χ3n) is 6.52. The molecule has 11 nitrogen and oxygen atoms in total. The van der Waals surface area contributed by atoms with Crippen LogP contribution < -0.4 is 14.8 Å². The normalized spacial score (nSPS) is 15.3. The van der Waals surface area contributed by atoms with Crippen LogP contribution in [0.4, 0.5) is 8.78 Å². The number of ether oxygens (including phenoxy) is 2. The number of pyridine rings is 1. The molecule has 2 aromatic heterocycles. The van der Waals surface area contributed by atoms with Crippen LogP contribution in [-0.4, -0.2) is 54.2 Å². The van der Waals surface area contributed by atoms with Gasteiger partial charge in [0, 0.05) is 25.2 Å². The molecule has 1 amide bonds. The summed E-state index contributed by atoms with van der Waals surface area (Å²) >= 11 is 0. The second kappa shape index (κ2) is 11.7. The molecule has 14 heteroatoms. The fraction of sp³-hybridized carbons (Fsp3) is 0.440. The van der Waals surface area contributed by atoms with E-state index in [1.54, 1.807) is 13.8 Å². The number of halogens is 2. The standard InChI is InChI=1S/C25H28F2N4O7S/c1-16(2)31-20(26)14-17(15-21(31)27)23-28-22(38-30-23)4-3-11-37-18-5-7-19(8-6-18)39(34,35)25(24(32)29-33)9-12-36-13-10-25/h5-8,14-16H,3-4,9-13H2,1-2H3,(H-,29,32,33)/p+1. The van der Waals surface area contributed by atoms with E-state index >= 15 is 0 Å². The van der Waals surface area contributed by atoms with E-state index in [0.29, 0.717) is 18.6 Å². The van der Waals surface area contributed by atoms with Crippen molar-refractivity contribution in [3.63, 3.8) is 0 Å². The topological polar surface area (TPSA) is 145 Å². The Kier molecular flexibility index (Phi) is 8.57. The zero-order valence-electron chi connectivity index (χ0n) is 21.4. The van der Waals surface area contributed by atoms with Crippen molar-refractivity contribution in [2.24, 2.45) is 0 Å². The van der Waals surface area contributed by atoms with Crippen molar-refractivity contribution in [1.82, 2.24) is 15.6 Å². The lowest BCUT2D eigenvalue weighted by Gasteiger charge is -2.34. The second-order valence-corrected chi connectivity index (χ2v) is 11.6. The molecule has 210 valence electrons. The maximum Gasteiger partial charge on any atom is 0.362 e. The molecule has 1 fully saturated rings. The Morgan fingerprint density at radius 3 is 2.41 bits per heavy atom. The molecule has 0 bridgehead atoms. The van der Waals surface area contributed by atoms with E-state index in [0.717, 1.165) is 16.7 Å². The Balaban J connectivity index is 1.34. The Labute approximate surface area is 223 Å². The highest BCUT2D eigenvalue weighted by atomic mass is 32.2. The molecule has 3 heterocycles. The Hall–Kier alpha value is -3.49. The number of hydrogen-bond acceptors (Lipinski definition) is 9. The summed E-state index contributed by atoms with van der Waals surface area (Å²) in [7, 11) is -4.13. The fourth-order valence-electron chi connectivity index (χ4n) is 4.41. The van der Waals surface area contributed by atoms with Gasteiger partial charge in [0.2, 0.25) is 11.7 Å². The first-order valence-corrected chi connectivity index (χ1v) is 13.8. The molecule has 0 radical (unpaired) electrons. The van der Waals surface area contributed by atoms with Gasteiger partial charge in [-0.25, -0.2) is 13.9 Å². The second-order valence-electron chi connectivity index (χ2n) is 9.34. The number of hydroxylamine groups is 1. The van der Waals surface area contributed by atoms with Crippen molar-refractivity contribution in [3.05, 3.63) is 54.2 Å². The highest BCUT2D eigenvalue weighted by Gasteiger charge is 2.52. The number of sulfone groups is 1. The van der Waals surface area contributed by atoms with E-state index in [2.05, 4.69) is 10.1 Å². The van der Waals surface area contributed by atoms with Gasteiger partial charge in [-0.15, -0.1) is 13.3 Å². The zero-order chi connectivity index (χ0) is 28.2. The van der Waals surface area contributed by atoms with Crippen molar-refractivity contribution >= 4 is 15.7 Å². The predicted octanol–water partition coefficient (Wildman–Crippen LogP) is 2.72. The van der Waals surface area contributed by atoms with Crippen LogP contribution in [0.5, 0.6) is 5.75 Å². The molecule has 0 saturated carbocycles. The third kappa shape index (κ3) is 5.77. The maximum atomic E-state index is 14.3. The third-order valence-corrected chi connectivity index (χ3v) is 9.04. The summed E-state index contributed by atoms with van der Waals surface area (Å²) in [4.78, 5) is 16.5. The highest BCUT2D eigenvalue weighted by molar-refractivity contribution is 7.93. The largest absolute Gasteiger partial charge is 0.494 e. The molecular weight excluding hydrogens is 538 g/mol. The van der Waals surface area contributed by atoms with E-state index in [9.17, 15) is 22.0 Å². The highest BCUT2D eigenvalue weighted by Crippen LogP contribution is 2.35. The van der Waals surface area contributed by atoms with Gasteiger partial charge >= 0.3 is 11.9 Å². The summed E-state index contributed by atoms with van der Waals surface area (Å²) in [5.41, 5.74) is 1.64. The molecule has 2 N–H and O–H groups in total. The van der Waals surface area contributed by atoms with Crippen LogP contribution in [-0.2, 0) is 25.8 Å². The SMILES string of the molecule is CC(C)[n+]1c(F)cc(-c2noc(CCCOc3ccc(S(=O)(=O)C4(C(=O)NO)CCOCC4)cc3)n2)cc1F. The number of nitrogens with one attached hydrogen (secondary N) is 1. The van der Waals surface area contributed by atoms with Crippen molar-refractivity contribution in [3.8, 4) is 17.1 Å². The van der Waals surface area contributed by atoms with E-state index in [4.69, 9.17) is 19.2 Å². The van der Waals surface area contributed by atoms with E-state index in [1.807, 2.05) is 0 Å². The number of hydrogen-bond donors (Lipinski definition) is 2.